The van der Waals surface area contributed by atoms with Crippen LogP contribution in [0.15, 0.2) is 35.3 Å². The Labute approximate surface area is 127 Å². The van der Waals surface area contributed by atoms with E-state index in [1.54, 1.807) is 0 Å². The molecule has 4 N–H and O–H groups in total. The number of rotatable bonds is 8. The van der Waals surface area contributed by atoms with Gasteiger partial charge in [0, 0.05) is 26.1 Å². The summed E-state index contributed by atoms with van der Waals surface area (Å²) >= 11 is 0. The molecule has 21 heavy (non-hydrogen) atoms. The molecule has 0 heterocycles. The van der Waals surface area contributed by atoms with E-state index >= 15 is 0 Å². The van der Waals surface area contributed by atoms with Crippen LogP contribution in [0.25, 0.3) is 0 Å². The van der Waals surface area contributed by atoms with Gasteiger partial charge in [-0.1, -0.05) is 44.2 Å². The van der Waals surface area contributed by atoms with Crippen LogP contribution in [0.1, 0.15) is 32.3 Å². The Bertz CT molecular complexity index is 443. The van der Waals surface area contributed by atoms with Gasteiger partial charge in [-0.25, -0.2) is 0 Å². The first-order chi connectivity index (χ1) is 10.1. The largest absolute Gasteiger partial charge is 0.370 e. The van der Waals surface area contributed by atoms with E-state index in [9.17, 15) is 4.79 Å². The molecule has 0 radical (unpaired) electrons. The number of benzene rings is 1. The minimum Gasteiger partial charge on any atom is -0.370 e. The van der Waals surface area contributed by atoms with Crippen LogP contribution in [0.4, 0.5) is 0 Å². The summed E-state index contributed by atoms with van der Waals surface area (Å²) in [5.41, 5.74) is 6.81. The molecule has 1 amide bonds. The van der Waals surface area contributed by atoms with Crippen molar-refractivity contribution in [2.75, 3.05) is 13.1 Å². The highest BCUT2D eigenvalue weighted by atomic mass is 16.1. The summed E-state index contributed by atoms with van der Waals surface area (Å²) in [5, 5.41) is 5.82. The number of nitrogens with one attached hydrogen (secondary N) is 2. The number of hydrogen-bond donors (Lipinski definition) is 3. The molecule has 0 atom stereocenters. The van der Waals surface area contributed by atoms with Gasteiger partial charge in [0.15, 0.2) is 5.96 Å². The predicted molar refractivity (Wildman–Crippen MR) is 86.9 cm³/mol. The minimum absolute atomic E-state index is 0.00123. The Morgan fingerprint density at radius 1 is 1.24 bits per heavy atom. The lowest BCUT2D eigenvalue weighted by atomic mass is 10.1. The molecule has 0 saturated carbocycles. The van der Waals surface area contributed by atoms with Gasteiger partial charge in [-0.15, -0.1) is 0 Å². The van der Waals surface area contributed by atoms with Crippen molar-refractivity contribution in [2.45, 2.75) is 33.2 Å². The van der Waals surface area contributed by atoms with Crippen LogP contribution in [0, 0.1) is 5.92 Å². The molecule has 116 valence electrons. The Morgan fingerprint density at radius 2 is 1.95 bits per heavy atom. The lowest BCUT2D eigenvalue weighted by Gasteiger charge is -2.07. The summed E-state index contributed by atoms with van der Waals surface area (Å²) in [7, 11) is 0. The molecule has 0 aliphatic heterocycles. The first kappa shape index (κ1) is 17.0. The van der Waals surface area contributed by atoms with Gasteiger partial charge in [-0.3, -0.25) is 9.79 Å². The average Bonchev–Trinajstić information content (AvgIpc) is 2.46. The second-order valence-corrected chi connectivity index (χ2v) is 5.39. The summed E-state index contributed by atoms with van der Waals surface area (Å²) < 4.78 is 0. The SMILES string of the molecule is CC(C)CCN=C(N)NCCC(=O)NCc1ccccc1. The fraction of sp³-hybridized carbons (Fsp3) is 0.500. The van der Waals surface area contributed by atoms with Crippen LogP contribution < -0.4 is 16.4 Å². The number of nitrogens with two attached hydrogens (primary N) is 1. The van der Waals surface area contributed by atoms with Gasteiger partial charge in [0.05, 0.1) is 0 Å². The van der Waals surface area contributed by atoms with E-state index in [-0.39, 0.29) is 5.91 Å². The Kier molecular flexibility index (Phi) is 7.94. The average molecular weight is 290 g/mol. The molecule has 0 aliphatic carbocycles. The van der Waals surface area contributed by atoms with Crippen LogP contribution >= 0.6 is 0 Å². The number of hydrogen-bond acceptors (Lipinski definition) is 2. The molecule has 0 saturated heterocycles. The Hall–Kier alpha value is -2.04. The highest BCUT2D eigenvalue weighted by molar-refractivity contribution is 5.79. The van der Waals surface area contributed by atoms with Crippen molar-refractivity contribution >= 4 is 11.9 Å². The normalized spacial score (nSPS) is 11.5. The lowest BCUT2D eigenvalue weighted by molar-refractivity contribution is -0.121. The molecule has 1 rings (SSSR count). The molecule has 0 unspecified atom stereocenters. The van der Waals surface area contributed by atoms with Crippen molar-refractivity contribution in [3.63, 3.8) is 0 Å². The molecule has 0 fully saturated rings. The molecule has 0 aliphatic rings. The Balaban J connectivity index is 2.13. The molecular formula is C16H26N4O. The van der Waals surface area contributed by atoms with E-state index in [4.69, 9.17) is 5.73 Å². The van der Waals surface area contributed by atoms with Crippen molar-refractivity contribution in [3.05, 3.63) is 35.9 Å². The summed E-state index contributed by atoms with van der Waals surface area (Å²) in [5.74, 6) is 1.03. The second-order valence-electron chi connectivity index (χ2n) is 5.39. The molecule has 5 heteroatoms. The van der Waals surface area contributed by atoms with Gasteiger partial charge < -0.3 is 16.4 Å². The van der Waals surface area contributed by atoms with Gasteiger partial charge in [-0.2, -0.15) is 0 Å². The summed E-state index contributed by atoms with van der Waals surface area (Å²) in [4.78, 5) is 15.9. The third-order valence-electron chi connectivity index (χ3n) is 2.98. The van der Waals surface area contributed by atoms with Gasteiger partial charge >= 0.3 is 0 Å². The van der Waals surface area contributed by atoms with E-state index in [0.29, 0.717) is 31.4 Å². The summed E-state index contributed by atoms with van der Waals surface area (Å²) in [6.07, 6.45) is 1.40. The van der Waals surface area contributed by atoms with E-state index in [2.05, 4.69) is 29.5 Å². The van der Waals surface area contributed by atoms with Crippen molar-refractivity contribution in [1.82, 2.24) is 10.6 Å². The van der Waals surface area contributed by atoms with Crippen LogP contribution in [-0.2, 0) is 11.3 Å². The van der Waals surface area contributed by atoms with Crippen LogP contribution in [0.3, 0.4) is 0 Å². The number of carbonyl (C=O) groups excluding carboxylic acids is 1. The zero-order valence-electron chi connectivity index (χ0n) is 12.9. The monoisotopic (exact) mass is 290 g/mol. The number of amides is 1. The number of carbonyl (C=O) groups is 1. The number of aliphatic imine (C=N–C) groups is 1. The smallest absolute Gasteiger partial charge is 0.222 e. The third-order valence-corrected chi connectivity index (χ3v) is 2.98. The second kappa shape index (κ2) is 9.80. The van der Waals surface area contributed by atoms with Crippen molar-refractivity contribution in [2.24, 2.45) is 16.6 Å². The Morgan fingerprint density at radius 3 is 2.62 bits per heavy atom. The summed E-state index contributed by atoms with van der Waals surface area (Å²) in [6, 6.07) is 9.83. The van der Waals surface area contributed by atoms with Gasteiger partial charge in [0.25, 0.3) is 0 Å². The maximum atomic E-state index is 11.7. The highest BCUT2D eigenvalue weighted by Crippen LogP contribution is 1.98. The van der Waals surface area contributed by atoms with Gasteiger partial charge in [0.1, 0.15) is 0 Å². The van der Waals surface area contributed by atoms with E-state index < -0.39 is 0 Å². The molecule has 0 spiro atoms. The van der Waals surface area contributed by atoms with Gasteiger partial charge in [0.2, 0.25) is 5.91 Å². The fourth-order valence-corrected chi connectivity index (χ4v) is 1.69. The predicted octanol–water partition coefficient (Wildman–Crippen LogP) is 1.64. The van der Waals surface area contributed by atoms with E-state index in [1.807, 2.05) is 30.3 Å². The molecule has 5 nitrogen and oxygen atoms in total. The highest BCUT2D eigenvalue weighted by Gasteiger charge is 2.01. The van der Waals surface area contributed by atoms with Crippen molar-refractivity contribution in [3.8, 4) is 0 Å². The van der Waals surface area contributed by atoms with Crippen molar-refractivity contribution in [1.29, 1.82) is 0 Å². The summed E-state index contributed by atoms with van der Waals surface area (Å²) in [6.45, 7) is 6.07. The van der Waals surface area contributed by atoms with Gasteiger partial charge in [-0.05, 0) is 17.9 Å². The van der Waals surface area contributed by atoms with Crippen LogP contribution in [0.2, 0.25) is 0 Å². The third kappa shape index (κ3) is 8.68. The first-order valence-corrected chi connectivity index (χ1v) is 7.42. The zero-order chi connectivity index (χ0) is 15.5. The standard InChI is InChI=1S/C16H26N4O/c1-13(2)8-10-18-16(17)19-11-9-15(21)20-12-14-6-4-3-5-7-14/h3-7,13H,8-12H2,1-2H3,(H,20,21)(H3,17,18,19). The van der Waals surface area contributed by atoms with E-state index in [0.717, 1.165) is 18.5 Å². The quantitative estimate of drug-likeness (QED) is 0.503. The lowest BCUT2D eigenvalue weighted by Crippen LogP contribution is -2.35. The first-order valence-electron chi connectivity index (χ1n) is 7.42. The fourth-order valence-electron chi connectivity index (χ4n) is 1.69. The molecule has 0 bridgehead atoms. The number of guanidine groups is 1. The maximum Gasteiger partial charge on any atom is 0.222 e. The molecule has 1 aromatic carbocycles. The maximum absolute atomic E-state index is 11.7. The molecule has 0 aromatic heterocycles. The zero-order valence-corrected chi connectivity index (χ0v) is 12.9. The number of nitrogens with zero attached hydrogens (tertiary/aromatic N) is 1. The van der Waals surface area contributed by atoms with Crippen LogP contribution in [-0.4, -0.2) is 25.0 Å². The molecular weight excluding hydrogens is 264 g/mol. The van der Waals surface area contributed by atoms with Crippen LogP contribution in [0.5, 0.6) is 0 Å². The molecule has 1 aromatic rings. The van der Waals surface area contributed by atoms with Crippen molar-refractivity contribution < 1.29 is 4.79 Å². The topological polar surface area (TPSA) is 79.5 Å². The minimum atomic E-state index is 0.00123. The van der Waals surface area contributed by atoms with E-state index in [1.165, 1.54) is 0 Å².